The molecular weight excluding hydrogens is 308 g/mol. The Kier molecular flexibility index (Phi) is 5.42. The van der Waals surface area contributed by atoms with Crippen LogP contribution in [0.15, 0.2) is 42.5 Å². The van der Waals surface area contributed by atoms with Crippen molar-refractivity contribution < 1.29 is 19.1 Å². The van der Waals surface area contributed by atoms with E-state index < -0.39 is 0 Å². The standard InChI is InChI=1S/C18H20N2O4/c1-12(21)20(2)14-7-5-13(6-8-14)19-18(22)16-10-9-15(23-3)11-17(16)24-4/h5-11H,1-4H3,(H,19,22). The van der Waals surface area contributed by atoms with Crippen LogP contribution in [0.25, 0.3) is 0 Å². The number of hydrogen-bond acceptors (Lipinski definition) is 4. The lowest BCUT2D eigenvalue weighted by atomic mass is 10.1. The van der Waals surface area contributed by atoms with Gasteiger partial charge in [-0.1, -0.05) is 0 Å². The molecule has 0 bridgehead atoms. The van der Waals surface area contributed by atoms with Gasteiger partial charge in [0.15, 0.2) is 0 Å². The number of ether oxygens (including phenoxy) is 2. The first kappa shape index (κ1) is 17.3. The van der Waals surface area contributed by atoms with Crippen molar-refractivity contribution in [3.63, 3.8) is 0 Å². The maximum atomic E-state index is 12.4. The molecule has 2 amide bonds. The molecule has 0 aliphatic heterocycles. The summed E-state index contributed by atoms with van der Waals surface area (Å²) in [4.78, 5) is 25.3. The highest BCUT2D eigenvalue weighted by Gasteiger charge is 2.14. The zero-order chi connectivity index (χ0) is 17.7. The van der Waals surface area contributed by atoms with Crippen LogP contribution in [-0.4, -0.2) is 33.1 Å². The van der Waals surface area contributed by atoms with Gasteiger partial charge >= 0.3 is 0 Å². The molecule has 0 radical (unpaired) electrons. The molecule has 2 aromatic rings. The number of anilines is 2. The van der Waals surface area contributed by atoms with Crippen molar-refractivity contribution in [1.29, 1.82) is 0 Å². The highest BCUT2D eigenvalue weighted by Crippen LogP contribution is 2.26. The molecule has 0 saturated carbocycles. The first-order chi connectivity index (χ1) is 11.5. The minimum absolute atomic E-state index is 0.0604. The zero-order valence-corrected chi connectivity index (χ0v) is 14.1. The van der Waals surface area contributed by atoms with E-state index in [1.165, 1.54) is 18.9 Å². The Bertz CT molecular complexity index is 741. The van der Waals surface area contributed by atoms with Gasteiger partial charge in [0, 0.05) is 31.4 Å². The van der Waals surface area contributed by atoms with Gasteiger partial charge in [-0.2, -0.15) is 0 Å². The van der Waals surface area contributed by atoms with Crippen LogP contribution in [-0.2, 0) is 4.79 Å². The number of benzene rings is 2. The third-order valence-corrected chi connectivity index (χ3v) is 3.64. The highest BCUT2D eigenvalue weighted by molar-refractivity contribution is 6.06. The van der Waals surface area contributed by atoms with E-state index in [0.717, 1.165) is 5.69 Å². The number of methoxy groups -OCH3 is 2. The molecule has 0 fully saturated rings. The summed E-state index contributed by atoms with van der Waals surface area (Å²) >= 11 is 0. The lowest BCUT2D eigenvalue weighted by molar-refractivity contribution is -0.116. The van der Waals surface area contributed by atoms with Crippen molar-refractivity contribution in [2.45, 2.75) is 6.92 Å². The van der Waals surface area contributed by atoms with Crippen LogP contribution >= 0.6 is 0 Å². The summed E-state index contributed by atoms with van der Waals surface area (Å²) in [5, 5.41) is 2.80. The van der Waals surface area contributed by atoms with Gasteiger partial charge in [0.05, 0.1) is 19.8 Å². The van der Waals surface area contributed by atoms with Crippen molar-refractivity contribution in [1.82, 2.24) is 0 Å². The van der Waals surface area contributed by atoms with Crippen molar-refractivity contribution in [2.24, 2.45) is 0 Å². The number of amides is 2. The van der Waals surface area contributed by atoms with Gasteiger partial charge in [-0.15, -0.1) is 0 Å². The lowest BCUT2D eigenvalue weighted by Gasteiger charge is -2.15. The fraction of sp³-hybridized carbons (Fsp3) is 0.222. The van der Waals surface area contributed by atoms with Crippen molar-refractivity contribution in [3.05, 3.63) is 48.0 Å². The number of nitrogens with zero attached hydrogens (tertiary/aromatic N) is 1. The molecule has 6 nitrogen and oxygen atoms in total. The monoisotopic (exact) mass is 328 g/mol. The summed E-state index contributed by atoms with van der Waals surface area (Å²) in [5.74, 6) is 0.691. The van der Waals surface area contributed by atoms with Crippen molar-refractivity contribution >= 4 is 23.2 Å². The molecule has 0 aromatic heterocycles. The molecule has 0 spiro atoms. The summed E-state index contributed by atoms with van der Waals surface area (Å²) in [6.07, 6.45) is 0. The molecular formula is C18H20N2O4. The van der Waals surface area contributed by atoms with E-state index in [2.05, 4.69) is 5.32 Å². The molecule has 2 rings (SSSR count). The summed E-state index contributed by atoms with van der Waals surface area (Å²) in [7, 11) is 4.74. The molecule has 0 atom stereocenters. The Morgan fingerprint density at radius 3 is 2.21 bits per heavy atom. The lowest BCUT2D eigenvalue weighted by Crippen LogP contribution is -2.22. The largest absolute Gasteiger partial charge is 0.497 e. The number of hydrogen-bond donors (Lipinski definition) is 1. The maximum absolute atomic E-state index is 12.4. The van der Waals surface area contributed by atoms with Gasteiger partial charge in [-0.05, 0) is 36.4 Å². The highest BCUT2D eigenvalue weighted by atomic mass is 16.5. The number of carbonyl (C=O) groups is 2. The minimum Gasteiger partial charge on any atom is -0.497 e. The Morgan fingerprint density at radius 1 is 1.00 bits per heavy atom. The van der Waals surface area contributed by atoms with E-state index >= 15 is 0 Å². The molecule has 0 unspecified atom stereocenters. The Labute approximate surface area is 141 Å². The van der Waals surface area contributed by atoms with Crippen LogP contribution in [0.4, 0.5) is 11.4 Å². The molecule has 0 aliphatic carbocycles. The second kappa shape index (κ2) is 7.50. The molecule has 24 heavy (non-hydrogen) atoms. The molecule has 6 heteroatoms. The smallest absolute Gasteiger partial charge is 0.259 e. The van der Waals surface area contributed by atoms with Gasteiger partial charge < -0.3 is 19.7 Å². The van der Waals surface area contributed by atoms with E-state index in [1.54, 1.807) is 56.6 Å². The van der Waals surface area contributed by atoms with Crippen molar-refractivity contribution in [2.75, 3.05) is 31.5 Å². The number of carbonyl (C=O) groups excluding carboxylic acids is 2. The van der Waals surface area contributed by atoms with Crippen LogP contribution in [0, 0.1) is 0 Å². The van der Waals surface area contributed by atoms with E-state index in [1.807, 2.05) is 0 Å². The Balaban J connectivity index is 2.16. The van der Waals surface area contributed by atoms with Crippen LogP contribution in [0.3, 0.4) is 0 Å². The second-order valence-electron chi connectivity index (χ2n) is 5.15. The van der Waals surface area contributed by atoms with E-state index in [4.69, 9.17) is 9.47 Å². The Morgan fingerprint density at radius 2 is 1.67 bits per heavy atom. The minimum atomic E-state index is -0.290. The van der Waals surface area contributed by atoms with E-state index in [-0.39, 0.29) is 11.8 Å². The summed E-state index contributed by atoms with van der Waals surface area (Å²) in [6, 6.07) is 12.0. The van der Waals surface area contributed by atoms with Crippen LogP contribution in [0.5, 0.6) is 11.5 Å². The van der Waals surface area contributed by atoms with Gasteiger partial charge in [-0.3, -0.25) is 9.59 Å². The molecule has 2 aromatic carbocycles. The Hall–Kier alpha value is -3.02. The summed E-state index contributed by atoms with van der Waals surface area (Å²) in [6.45, 7) is 1.49. The molecule has 126 valence electrons. The van der Waals surface area contributed by atoms with Gasteiger partial charge in [0.2, 0.25) is 5.91 Å². The summed E-state index contributed by atoms with van der Waals surface area (Å²) in [5.41, 5.74) is 1.78. The molecule has 0 saturated heterocycles. The normalized spacial score (nSPS) is 10.0. The quantitative estimate of drug-likeness (QED) is 0.916. The number of rotatable bonds is 5. The topological polar surface area (TPSA) is 67.9 Å². The average Bonchev–Trinajstić information content (AvgIpc) is 2.60. The SMILES string of the molecule is COc1ccc(C(=O)Nc2ccc(N(C)C(C)=O)cc2)c(OC)c1. The van der Waals surface area contributed by atoms with Crippen molar-refractivity contribution in [3.8, 4) is 11.5 Å². The first-order valence-electron chi connectivity index (χ1n) is 7.34. The van der Waals surface area contributed by atoms with E-state index in [9.17, 15) is 9.59 Å². The molecule has 0 heterocycles. The van der Waals surface area contributed by atoms with Crippen LogP contribution in [0.1, 0.15) is 17.3 Å². The summed E-state index contributed by atoms with van der Waals surface area (Å²) < 4.78 is 10.4. The first-order valence-corrected chi connectivity index (χ1v) is 7.34. The zero-order valence-electron chi connectivity index (χ0n) is 14.1. The van der Waals surface area contributed by atoms with Crippen LogP contribution in [0.2, 0.25) is 0 Å². The fourth-order valence-corrected chi connectivity index (χ4v) is 2.13. The van der Waals surface area contributed by atoms with Gasteiger partial charge in [0.1, 0.15) is 11.5 Å². The maximum Gasteiger partial charge on any atom is 0.259 e. The van der Waals surface area contributed by atoms with E-state index in [0.29, 0.717) is 22.7 Å². The molecule has 0 aliphatic rings. The predicted octanol–water partition coefficient (Wildman–Crippen LogP) is 2.94. The molecule has 1 N–H and O–H groups in total. The van der Waals surface area contributed by atoms with Gasteiger partial charge in [-0.25, -0.2) is 0 Å². The second-order valence-corrected chi connectivity index (χ2v) is 5.15. The average molecular weight is 328 g/mol. The van der Waals surface area contributed by atoms with Gasteiger partial charge in [0.25, 0.3) is 5.91 Å². The fourth-order valence-electron chi connectivity index (χ4n) is 2.13. The van der Waals surface area contributed by atoms with Crippen LogP contribution < -0.4 is 19.7 Å². The third kappa shape index (κ3) is 3.84. The number of nitrogens with one attached hydrogen (secondary N) is 1. The predicted molar refractivity (Wildman–Crippen MR) is 93.0 cm³/mol. The third-order valence-electron chi connectivity index (χ3n) is 3.64.